The van der Waals surface area contributed by atoms with Gasteiger partial charge in [-0.05, 0) is 47.6 Å². The Morgan fingerprint density at radius 3 is 2.24 bits per heavy atom. The molecule has 0 aliphatic carbocycles. The fraction of sp³-hybridized carbons (Fsp3) is 0.455. The van der Waals surface area contributed by atoms with Gasteiger partial charge in [0.15, 0.2) is 0 Å². The number of hydrogen-bond donors (Lipinski definition) is 0. The molecule has 94 valence electrons. The van der Waals surface area contributed by atoms with E-state index in [0.717, 1.165) is 18.9 Å². The number of alkyl halides is 3. The van der Waals surface area contributed by atoms with E-state index in [0.29, 0.717) is 24.8 Å². The van der Waals surface area contributed by atoms with Gasteiger partial charge >= 0.3 is 6.18 Å². The third kappa shape index (κ3) is 2.66. The predicted octanol–water partition coefficient (Wildman–Crippen LogP) is 4.05. The Kier molecular flexibility index (Phi) is 3.51. The van der Waals surface area contributed by atoms with Gasteiger partial charge in [-0.3, -0.25) is 0 Å². The quantitative estimate of drug-likeness (QED) is 0.540. The first kappa shape index (κ1) is 12.9. The third-order valence-corrected chi connectivity index (χ3v) is 3.85. The summed E-state index contributed by atoms with van der Waals surface area (Å²) in [4.78, 5) is 1.81. The lowest BCUT2D eigenvalue weighted by molar-refractivity contribution is -0.137. The van der Waals surface area contributed by atoms with E-state index in [9.17, 15) is 17.6 Å². The standard InChI is InChI=1S/C11H10F4IN/c12-8-5-7(11(13,14)15)6-9(10(8)16)17-3-1-2-4-17/h5-6H,1-4H2. The number of hydrogen-bond acceptors (Lipinski definition) is 1. The van der Waals surface area contributed by atoms with Gasteiger partial charge in [0.2, 0.25) is 0 Å². The Morgan fingerprint density at radius 1 is 1.12 bits per heavy atom. The van der Waals surface area contributed by atoms with Gasteiger partial charge in [0, 0.05) is 13.1 Å². The van der Waals surface area contributed by atoms with Crippen LogP contribution >= 0.6 is 22.6 Å². The topological polar surface area (TPSA) is 3.24 Å². The van der Waals surface area contributed by atoms with Crippen LogP contribution in [-0.2, 0) is 6.18 Å². The second-order valence-corrected chi connectivity index (χ2v) is 5.06. The van der Waals surface area contributed by atoms with Crippen molar-refractivity contribution >= 4 is 28.3 Å². The highest BCUT2D eigenvalue weighted by molar-refractivity contribution is 14.1. The van der Waals surface area contributed by atoms with Gasteiger partial charge in [-0.2, -0.15) is 13.2 Å². The van der Waals surface area contributed by atoms with E-state index in [1.165, 1.54) is 0 Å². The van der Waals surface area contributed by atoms with Crippen molar-refractivity contribution in [2.45, 2.75) is 19.0 Å². The smallest absolute Gasteiger partial charge is 0.371 e. The van der Waals surface area contributed by atoms with Crippen LogP contribution in [0.4, 0.5) is 23.2 Å². The van der Waals surface area contributed by atoms with Gasteiger partial charge in [-0.25, -0.2) is 4.39 Å². The summed E-state index contributed by atoms with van der Waals surface area (Å²) in [7, 11) is 0. The predicted molar refractivity (Wildman–Crippen MR) is 65.6 cm³/mol. The SMILES string of the molecule is Fc1cc(C(F)(F)F)cc(N2CCCC2)c1I. The molecule has 0 aromatic heterocycles. The first-order valence-electron chi connectivity index (χ1n) is 5.21. The minimum Gasteiger partial charge on any atom is -0.371 e. The normalized spacial score (nSPS) is 16.6. The monoisotopic (exact) mass is 359 g/mol. The highest BCUT2D eigenvalue weighted by Crippen LogP contribution is 2.36. The van der Waals surface area contributed by atoms with Crippen molar-refractivity contribution in [3.63, 3.8) is 0 Å². The summed E-state index contributed by atoms with van der Waals surface area (Å²) in [6, 6.07) is 1.59. The van der Waals surface area contributed by atoms with Gasteiger partial charge in [0.05, 0.1) is 14.8 Å². The van der Waals surface area contributed by atoms with E-state index >= 15 is 0 Å². The average Bonchev–Trinajstić information content (AvgIpc) is 2.73. The van der Waals surface area contributed by atoms with E-state index in [1.807, 2.05) is 0 Å². The van der Waals surface area contributed by atoms with Crippen LogP contribution in [0.1, 0.15) is 18.4 Å². The molecule has 0 spiro atoms. The van der Waals surface area contributed by atoms with Crippen LogP contribution in [0.5, 0.6) is 0 Å². The van der Waals surface area contributed by atoms with Gasteiger partial charge in [0.1, 0.15) is 5.82 Å². The highest BCUT2D eigenvalue weighted by Gasteiger charge is 2.33. The summed E-state index contributed by atoms with van der Waals surface area (Å²) in [5.41, 5.74) is -0.562. The zero-order chi connectivity index (χ0) is 12.6. The fourth-order valence-electron chi connectivity index (χ4n) is 1.93. The number of benzene rings is 1. The first-order chi connectivity index (χ1) is 7.89. The van der Waals surface area contributed by atoms with E-state index in [4.69, 9.17) is 0 Å². The lowest BCUT2D eigenvalue weighted by Crippen LogP contribution is -2.20. The molecular weight excluding hydrogens is 349 g/mol. The number of rotatable bonds is 1. The molecule has 0 radical (unpaired) electrons. The Hall–Kier alpha value is -0.530. The molecule has 1 nitrogen and oxygen atoms in total. The Bertz CT molecular complexity index is 424. The highest BCUT2D eigenvalue weighted by atomic mass is 127. The zero-order valence-corrected chi connectivity index (χ0v) is 11.0. The lowest BCUT2D eigenvalue weighted by Gasteiger charge is -2.21. The minimum atomic E-state index is -4.50. The maximum absolute atomic E-state index is 13.5. The molecule has 0 unspecified atom stereocenters. The number of anilines is 1. The molecule has 17 heavy (non-hydrogen) atoms. The van der Waals surface area contributed by atoms with Crippen LogP contribution in [0.15, 0.2) is 12.1 Å². The van der Waals surface area contributed by atoms with Crippen LogP contribution in [0.2, 0.25) is 0 Å². The van der Waals surface area contributed by atoms with Crippen LogP contribution in [0.3, 0.4) is 0 Å². The molecule has 2 rings (SSSR count). The first-order valence-corrected chi connectivity index (χ1v) is 6.28. The van der Waals surface area contributed by atoms with Crippen LogP contribution in [-0.4, -0.2) is 13.1 Å². The van der Waals surface area contributed by atoms with Crippen molar-refractivity contribution in [1.82, 2.24) is 0 Å². The molecule has 1 aromatic rings. The largest absolute Gasteiger partial charge is 0.416 e. The summed E-state index contributed by atoms with van der Waals surface area (Å²) in [6.45, 7) is 1.38. The van der Waals surface area contributed by atoms with Gasteiger partial charge in [-0.1, -0.05) is 0 Å². The third-order valence-electron chi connectivity index (χ3n) is 2.78. The summed E-state index contributed by atoms with van der Waals surface area (Å²) in [6.07, 6.45) is -2.62. The second-order valence-electron chi connectivity index (χ2n) is 3.98. The maximum Gasteiger partial charge on any atom is 0.416 e. The van der Waals surface area contributed by atoms with Crippen molar-refractivity contribution in [3.05, 3.63) is 27.1 Å². The molecule has 0 bridgehead atoms. The molecular formula is C11H10F4IN. The molecule has 1 aliphatic heterocycles. The zero-order valence-electron chi connectivity index (χ0n) is 8.82. The summed E-state index contributed by atoms with van der Waals surface area (Å²) >= 11 is 1.76. The molecule has 0 amide bonds. The molecule has 0 saturated carbocycles. The summed E-state index contributed by atoms with van der Waals surface area (Å²) in [5, 5.41) is 0. The van der Waals surface area contributed by atoms with Crippen molar-refractivity contribution < 1.29 is 17.6 Å². The molecule has 1 fully saturated rings. The van der Waals surface area contributed by atoms with Gasteiger partial charge in [-0.15, -0.1) is 0 Å². The Morgan fingerprint density at radius 2 is 1.71 bits per heavy atom. The fourth-order valence-corrected chi connectivity index (χ4v) is 2.58. The molecule has 1 saturated heterocycles. The summed E-state index contributed by atoms with van der Waals surface area (Å²) in [5.74, 6) is -0.803. The maximum atomic E-state index is 13.5. The second kappa shape index (κ2) is 4.62. The minimum absolute atomic E-state index is 0.262. The van der Waals surface area contributed by atoms with E-state index < -0.39 is 17.6 Å². The Labute approximate surface area is 110 Å². The molecule has 0 atom stereocenters. The molecule has 6 heteroatoms. The van der Waals surface area contributed by atoms with E-state index in [-0.39, 0.29) is 3.57 Å². The van der Waals surface area contributed by atoms with Crippen molar-refractivity contribution in [2.75, 3.05) is 18.0 Å². The number of halogens is 5. The average molecular weight is 359 g/mol. The Balaban J connectivity index is 2.46. The molecule has 0 N–H and O–H groups in total. The van der Waals surface area contributed by atoms with Crippen molar-refractivity contribution in [2.24, 2.45) is 0 Å². The van der Waals surface area contributed by atoms with Crippen LogP contribution in [0, 0.1) is 9.39 Å². The summed E-state index contributed by atoms with van der Waals surface area (Å²) < 4.78 is 51.5. The van der Waals surface area contributed by atoms with Gasteiger partial charge in [0.25, 0.3) is 0 Å². The van der Waals surface area contributed by atoms with Crippen molar-refractivity contribution in [1.29, 1.82) is 0 Å². The van der Waals surface area contributed by atoms with Gasteiger partial charge < -0.3 is 4.90 Å². The van der Waals surface area contributed by atoms with E-state index in [2.05, 4.69) is 0 Å². The van der Waals surface area contributed by atoms with E-state index in [1.54, 1.807) is 27.5 Å². The van der Waals surface area contributed by atoms with Crippen LogP contribution < -0.4 is 4.90 Å². The van der Waals surface area contributed by atoms with Crippen LogP contribution in [0.25, 0.3) is 0 Å². The molecule has 1 aromatic carbocycles. The number of nitrogens with zero attached hydrogens (tertiary/aromatic N) is 1. The molecule has 1 aliphatic rings. The van der Waals surface area contributed by atoms with Crippen molar-refractivity contribution in [3.8, 4) is 0 Å². The lowest BCUT2D eigenvalue weighted by atomic mass is 10.1. The molecule has 1 heterocycles.